The summed E-state index contributed by atoms with van der Waals surface area (Å²) in [5.41, 5.74) is -0.842. The van der Waals surface area contributed by atoms with Gasteiger partial charge in [0.05, 0.1) is 12.8 Å². The second kappa shape index (κ2) is 5.81. The van der Waals surface area contributed by atoms with E-state index in [0.29, 0.717) is 4.90 Å². The van der Waals surface area contributed by atoms with Crippen molar-refractivity contribution in [2.75, 3.05) is 6.54 Å². The predicted octanol–water partition coefficient (Wildman–Crippen LogP) is 1.57. The number of furan rings is 1. The van der Waals surface area contributed by atoms with Gasteiger partial charge in [-0.05, 0) is 18.2 Å². The molecule has 0 radical (unpaired) electrons. The number of aromatic nitrogens is 2. The van der Waals surface area contributed by atoms with E-state index in [4.69, 9.17) is 4.42 Å². The van der Waals surface area contributed by atoms with Crippen LogP contribution in [0.3, 0.4) is 0 Å². The zero-order valence-electron chi connectivity index (χ0n) is 10.6. The van der Waals surface area contributed by atoms with E-state index in [1.165, 1.54) is 18.4 Å². The smallest absolute Gasteiger partial charge is 0.406 e. The van der Waals surface area contributed by atoms with E-state index in [0.717, 1.165) is 12.1 Å². The SMILES string of the molecule is O=C(c1ccc(=O)[nH]n1)N(Cc1ccco1)CC(F)(F)F. The number of alkyl halides is 3. The van der Waals surface area contributed by atoms with Gasteiger partial charge >= 0.3 is 6.18 Å². The molecule has 2 aromatic rings. The Kier molecular flexibility index (Phi) is 4.10. The molecule has 0 unspecified atom stereocenters. The summed E-state index contributed by atoms with van der Waals surface area (Å²) in [6.07, 6.45) is -3.27. The first-order valence-electron chi connectivity index (χ1n) is 5.79. The van der Waals surface area contributed by atoms with E-state index in [9.17, 15) is 22.8 Å². The molecule has 112 valence electrons. The summed E-state index contributed by atoms with van der Waals surface area (Å²) in [6, 6.07) is 5.03. The Balaban J connectivity index is 2.23. The van der Waals surface area contributed by atoms with Gasteiger partial charge in [0.1, 0.15) is 18.0 Å². The van der Waals surface area contributed by atoms with Gasteiger partial charge in [-0.15, -0.1) is 0 Å². The van der Waals surface area contributed by atoms with Crippen LogP contribution in [0.2, 0.25) is 0 Å². The molecular weight excluding hydrogens is 291 g/mol. The third-order valence-electron chi connectivity index (χ3n) is 2.48. The van der Waals surface area contributed by atoms with E-state index in [1.54, 1.807) is 0 Å². The van der Waals surface area contributed by atoms with Crippen molar-refractivity contribution in [2.45, 2.75) is 12.7 Å². The minimum atomic E-state index is -4.57. The van der Waals surface area contributed by atoms with Gasteiger partial charge in [-0.3, -0.25) is 9.59 Å². The first kappa shape index (κ1) is 14.8. The quantitative estimate of drug-likeness (QED) is 0.929. The number of hydrogen-bond donors (Lipinski definition) is 1. The number of nitrogens with one attached hydrogen (secondary N) is 1. The Labute approximate surface area is 116 Å². The normalized spacial score (nSPS) is 11.4. The molecule has 21 heavy (non-hydrogen) atoms. The van der Waals surface area contributed by atoms with Crippen LogP contribution in [0.25, 0.3) is 0 Å². The topological polar surface area (TPSA) is 79.2 Å². The third-order valence-corrected chi connectivity index (χ3v) is 2.48. The average molecular weight is 301 g/mol. The Morgan fingerprint density at radius 1 is 1.33 bits per heavy atom. The molecule has 1 amide bonds. The summed E-state index contributed by atoms with van der Waals surface area (Å²) in [6.45, 7) is -1.81. The molecule has 9 heteroatoms. The summed E-state index contributed by atoms with van der Waals surface area (Å²) in [4.78, 5) is 23.5. The first-order valence-corrected chi connectivity index (χ1v) is 5.79. The fraction of sp³-hybridized carbons (Fsp3) is 0.250. The van der Waals surface area contributed by atoms with Crippen molar-refractivity contribution in [1.82, 2.24) is 15.1 Å². The van der Waals surface area contributed by atoms with Crippen LogP contribution in [0.15, 0.2) is 39.7 Å². The van der Waals surface area contributed by atoms with Crippen LogP contribution in [0.1, 0.15) is 16.2 Å². The number of H-pyrrole nitrogens is 1. The van der Waals surface area contributed by atoms with Crippen molar-refractivity contribution in [2.24, 2.45) is 0 Å². The molecule has 0 fully saturated rings. The maximum Gasteiger partial charge on any atom is 0.406 e. The molecule has 0 aromatic carbocycles. The van der Waals surface area contributed by atoms with Gasteiger partial charge in [-0.25, -0.2) is 5.10 Å². The molecule has 0 spiro atoms. The molecule has 2 aromatic heterocycles. The second-order valence-electron chi connectivity index (χ2n) is 4.16. The average Bonchev–Trinajstić information content (AvgIpc) is 2.89. The lowest BCUT2D eigenvalue weighted by atomic mass is 10.3. The molecule has 0 aliphatic heterocycles. The summed E-state index contributed by atoms with van der Waals surface area (Å²) >= 11 is 0. The predicted molar refractivity (Wildman–Crippen MR) is 64.4 cm³/mol. The zero-order valence-corrected chi connectivity index (χ0v) is 10.6. The molecule has 0 bridgehead atoms. The Hall–Kier alpha value is -2.58. The summed E-state index contributed by atoms with van der Waals surface area (Å²) in [7, 11) is 0. The van der Waals surface area contributed by atoms with Crippen molar-refractivity contribution in [3.63, 3.8) is 0 Å². The van der Waals surface area contributed by atoms with E-state index in [-0.39, 0.29) is 18.0 Å². The molecule has 2 heterocycles. The highest BCUT2D eigenvalue weighted by Crippen LogP contribution is 2.19. The minimum Gasteiger partial charge on any atom is -0.467 e. The van der Waals surface area contributed by atoms with Gasteiger partial charge < -0.3 is 9.32 Å². The van der Waals surface area contributed by atoms with Crippen LogP contribution in [0.4, 0.5) is 13.2 Å². The monoisotopic (exact) mass is 301 g/mol. The fourth-order valence-corrected chi connectivity index (χ4v) is 1.63. The van der Waals surface area contributed by atoms with Crippen LogP contribution >= 0.6 is 0 Å². The lowest BCUT2D eigenvalue weighted by Crippen LogP contribution is -2.39. The van der Waals surface area contributed by atoms with Gasteiger partial charge in [-0.1, -0.05) is 0 Å². The van der Waals surface area contributed by atoms with Gasteiger partial charge in [0.15, 0.2) is 0 Å². The van der Waals surface area contributed by atoms with E-state index < -0.39 is 24.2 Å². The molecule has 1 N–H and O–H groups in total. The summed E-state index contributed by atoms with van der Waals surface area (Å²) in [5, 5.41) is 5.43. The van der Waals surface area contributed by atoms with E-state index in [2.05, 4.69) is 5.10 Å². The first-order chi connectivity index (χ1) is 9.85. The van der Waals surface area contributed by atoms with E-state index in [1.807, 2.05) is 5.10 Å². The Bertz CT molecular complexity index is 644. The molecule has 0 atom stereocenters. The molecule has 2 rings (SSSR count). The molecule has 0 saturated carbocycles. The van der Waals surface area contributed by atoms with Crippen LogP contribution in [0.5, 0.6) is 0 Å². The number of carbonyl (C=O) groups is 1. The van der Waals surface area contributed by atoms with Gasteiger partial charge in [0.2, 0.25) is 0 Å². The summed E-state index contributed by atoms with van der Waals surface area (Å²) in [5.74, 6) is -0.753. The van der Waals surface area contributed by atoms with Crippen molar-refractivity contribution in [3.8, 4) is 0 Å². The van der Waals surface area contributed by atoms with Crippen LogP contribution < -0.4 is 5.56 Å². The maximum absolute atomic E-state index is 12.6. The lowest BCUT2D eigenvalue weighted by Gasteiger charge is -2.22. The number of aromatic amines is 1. The lowest BCUT2D eigenvalue weighted by molar-refractivity contribution is -0.142. The molecule has 0 aliphatic rings. The Morgan fingerprint density at radius 2 is 2.10 bits per heavy atom. The van der Waals surface area contributed by atoms with Crippen LogP contribution in [0, 0.1) is 0 Å². The second-order valence-corrected chi connectivity index (χ2v) is 4.16. The highest BCUT2D eigenvalue weighted by atomic mass is 19.4. The van der Waals surface area contributed by atoms with Gasteiger partial charge in [0.25, 0.3) is 11.5 Å². The summed E-state index contributed by atoms with van der Waals surface area (Å²) < 4.78 is 42.7. The molecule has 6 nitrogen and oxygen atoms in total. The van der Waals surface area contributed by atoms with Crippen LogP contribution in [-0.2, 0) is 6.54 Å². The molecule has 0 aliphatic carbocycles. The number of hydrogen-bond acceptors (Lipinski definition) is 4. The third kappa shape index (κ3) is 4.20. The highest BCUT2D eigenvalue weighted by molar-refractivity contribution is 5.92. The standard InChI is InChI=1S/C12H10F3N3O3/c13-12(14,15)7-18(6-8-2-1-5-21-8)11(20)9-3-4-10(19)17-16-9/h1-5H,6-7H2,(H,17,19). The fourth-order valence-electron chi connectivity index (χ4n) is 1.63. The van der Waals surface area contributed by atoms with Crippen molar-refractivity contribution in [1.29, 1.82) is 0 Å². The Morgan fingerprint density at radius 3 is 2.62 bits per heavy atom. The largest absolute Gasteiger partial charge is 0.467 e. The van der Waals surface area contributed by atoms with Gasteiger partial charge in [-0.2, -0.15) is 18.3 Å². The van der Waals surface area contributed by atoms with Crippen molar-refractivity contribution in [3.05, 3.63) is 52.3 Å². The maximum atomic E-state index is 12.6. The number of carbonyl (C=O) groups excluding carboxylic acids is 1. The van der Waals surface area contributed by atoms with Crippen molar-refractivity contribution >= 4 is 5.91 Å². The zero-order chi connectivity index (χ0) is 15.5. The number of amides is 1. The number of nitrogens with zero attached hydrogens (tertiary/aromatic N) is 2. The number of halogens is 3. The number of rotatable bonds is 4. The minimum absolute atomic E-state index is 0.206. The molecule has 0 saturated heterocycles. The van der Waals surface area contributed by atoms with Gasteiger partial charge in [0, 0.05) is 6.07 Å². The van der Waals surface area contributed by atoms with Crippen LogP contribution in [-0.4, -0.2) is 33.7 Å². The van der Waals surface area contributed by atoms with E-state index >= 15 is 0 Å². The highest BCUT2D eigenvalue weighted by Gasteiger charge is 2.34. The van der Waals surface area contributed by atoms with Crippen molar-refractivity contribution < 1.29 is 22.4 Å². The molecular formula is C12H10F3N3O3.